The molecule has 0 unspecified atom stereocenters. The Labute approximate surface area is 208 Å². The number of carbonyl (C=O) groups excluding carboxylic acids is 1. The number of aromatic nitrogens is 5. The van der Waals surface area contributed by atoms with Crippen molar-refractivity contribution < 1.29 is 9.53 Å². The van der Waals surface area contributed by atoms with Crippen LogP contribution in [0.1, 0.15) is 51.1 Å². The van der Waals surface area contributed by atoms with Crippen LogP contribution in [0, 0.1) is 6.92 Å². The van der Waals surface area contributed by atoms with Crippen molar-refractivity contribution >= 4 is 52.5 Å². The fourth-order valence-corrected chi connectivity index (χ4v) is 4.08. The second-order valence-corrected chi connectivity index (χ2v) is 10.3. The molecule has 33 heavy (non-hydrogen) atoms. The van der Waals surface area contributed by atoms with Crippen LogP contribution in [0.25, 0.3) is 0 Å². The molecule has 1 aliphatic heterocycles. The summed E-state index contributed by atoms with van der Waals surface area (Å²) in [5.41, 5.74) is 0. The van der Waals surface area contributed by atoms with Crippen LogP contribution in [0.5, 0.6) is 0 Å². The Hall–Kier alpha value is -1.97. The van der Waals surface area contributed by atoms with Gasteiger partial charge < -0.3 is 14.5 Å². The number of ether oxygens (including phenoxy) is 1. The summed E-state index contributed by atoms with van der Waals surface area (Å²) in [6, 6.07) is 2.01. The topological polar surface area (TPSA) is 97.2 Å². The average molecular weight is 517 g/mol. The standard InChI is InChI=1S/C21H28Cl3N7O2/c1-5-6-18(32)33-10-8-16-25-9-7-17(28-16)30-11-13(2)31(14(3)12-30)20-27-15(4)26-19(29-20)21(22,23)24/h7,9,13-14H,5-6,8,10-12H2,1-4H3/t13-,14+. The third kappa shape index (κ3) is 6.77. The molecule has 1 saturated heterocycles. The van der Waals surface area contributed by atoms with E-state index in [9.17, 15) is 4.79 Å². The van der Waals surface area contributed by atoms with Crippen molar-refractivity contribution in [3.8, 4) is 0 Å². The first-order valence-corrected chi connectivity index (χ1v) is 12.0. The molecule has 0 N–H and O–H groups in total. The lowest BCUT2D eigenvalue weighted by atomic mass is 10.1. The molecule has 12 heteroatoms. The summed E-state index contributed by atoms with van der Waals surface area (Å²) in [4.78, 5) is 37.9. The lowest BCUT2D eigenvalue weighted by Gasteiger charge is -2.45. The van der Waals surface area contributed by atoms with Gasteiger partial charge in [-0.1, -0.05) is 41.7 Å². The van der Waals surface area contributed by atoms with Crippen molar-refractivity contribution in [2.45, 2.75) is 62.8 Å². The molecule has 2 aromatic heterocycles. The second-order valence-electron chi connectivity index (χ2n) is 8.07. The van der Waals surface area contributed by atoms with E-state index in [1.165, 1.54) is 0 Å². The third-order valence-corrected chi connectivity index (χ3v) is 5.70. The zero-order valence-corrected chi connectivity index (χ0v) is 21.4. The Morgan fingerprint density at radius 3 is 2.48 bits per heavy atom. The molecule has 2 atom stereocenters. The average Bonchev–Trinajstić information content (AvgIpc) is 2.72. The SMILES string of the molecule is CCCC(=O)OCCc1nccc(N2C[C@@H](C)N(c3nc(C)nc(C(Cl)(Cl)Cl)n3)[C@@H](C)C2)n1. The summed E-state index contributed by atoms with van der Waals surface area (Å²) >= 11 is 18.0. The Bertz CT molecular complexity index is 961. The zero-order valence-electron chi connectivity index (χ0n) is 19.1. The Balaban J connectivity index is 1.71. The molecule has 0 spiro atoms. The second kappa shape index (κ2) is 11.0. The summed E-state index contributed by atoms with van der Waals surface area (Å²) in [5.74, 6) is 2.35. The molecule has 0 bridgehead atoms. The number of carbonyl (C=O) groups is 1. The number of piperazine rings is 1. The summed E-state index contributed by atoms with van der Waals surface area (Å²) in [5, 5.41) is 0. The molecule has 1 aliphatic rings. The highest BCUT2D eigenvalue weighted by atomic mass is 35.6. The Morgan fingerprint density at radius 1 is 1.15 bits per heavy atom. The van der Waals surface area contributed by atoms with Crippen LogP contribution in [0.3, 0.4) is 0 Å². The molecule has 0 amide bonds. The van der Waals surface area contributed by atoms with Crippen molar-refractivity contribution in [3.63, 3.8) is 0 Å². The van der Waals surface area contributed by atoms with Gasteiger partial charge in [0.1, 0.15) is 17.5 Å². The van der Waals surface area contributed by atoms with E-state index in [1.54, 1.807) is 13.1 Å². The van der Waals surface area contributed by atoms with Crippen molar-refractivity contribution in [1.82, 2.24) is 24.9 Å². The van der Waals surface area contributed by atoms with Crippen LogP contribution in [-0.4, -0.2) is 62.7 Å². The van der Waals surface area contributed by atoms with Crippen molar-refractivity contribution in [2.24, 2.45) is 0 Å². The summed E-state index contributed by atoms with van der Waals surface area (Å²) in [6.45, 7) is 9.53. The van der Waals surface area contributed by atoms with E-state index in [1.807, 2.05) is 13.0 Å². The van der Waals surface area contributed by atoms with Gasteiger partial charge in [-0.15, -0.1) is 0 Å². The van der Waals surface area contributed by atoms with Gasteiger partial charge in [-0.3, -0.25) is 4.79 Å². The highest BCUT2D eigenvalue weighted by Crippen LogP contribution is 2.36. The number of hydrogen-bond donors (Lipinski definition) is 0. The number of anilines is 2. The summed E-state index contributed by atoms with van der Waals surface area (Å²) in [6.07, 6.45) is 3.39. The molecule has 1 fully saturated rings. The van der Waals surface area contributed by atoms with Crippen molar-refractivity contribution in [1.29, 1.82) is 0 Å². The fraction of sp³-hybridized carbons (Fsp3) is 0.619. The molecule has 180 valence electrons. The fourth-order valence-electron chi connectivity index (χ4n) is 3.83. The number of alkyl halides is 3. The number of hydrogen-bond acceptors (Lipinski definition) is 9. The number of aryl methyl sites for hydroxylation is 1. The normalized spacial score (nSPS) is 19.0. The smallest absolute Gasteiger partial charge is 0.305 e. The molecule has 3 heterocycles. The maximum absolute atomic E-state index is 11.6. The minimum Gasteiger partial charge on any atom is -0.465 e. The largest absolute Gasteiger partial charge is 0.465 e. The van der Waals surface area contributed by atoms with Crippen LogP contribution in [-0.2, 0) is 19.7 Å². The van der Waals surface area contributed by atoms with E-state index >= 15 is 0 Å². The van der Waals surface area contributed by atoms with Crippen LogP contribution in [0.2, 0.25) is 0 Å². The maximum Gasteiger partial charge on any atom is 0.305 e. The molecule has 0 radical (unpaired) electrons. The zero-order chi connectivity index (χ0) is 24.2. The minimum absolute atomic E-state index is 0.0622. The van der Waals surface area contributed by atoms with E-state index < -0.39 is 3.79 Å². The molecular weight excluding hydrogens is 489 g/mol. The van der Waals surface area contributed by atoms with Gasteiger partial charge in [0.15, 0.2) is 5.82 Å². The van der Waals surface area contributed by atoms with E-state index in [2.05, 4.69) is 48.6 Å². The molecule has 9 nitrogen and oxygen atoms in total. The molecule has 2 aromatic rings. The number of esters is 1. The Kier molecular flexibility index (Phi) is 8.53. The molecule has 0 aromatic carbocycles. The van der Waals surface area contributed by atoms with Gasteiger partial charge in [-0.2, -0.15) is 9.97 Å². The molecule has 0 saturated carbocycles. The minimum atomic E-state index is -1.72. The van der Waals surface area contributed by atoms with Crippen LogP contribution >= 0.6 is 34.8 Å². The lowest BCUT2D eigenvalue weighted by Crippen LogP contribution is -2.58. The van der Waals surface area contributed by atoms with Gasteiger partial charge in [0.05, 0.1) is 6.61 Å². The molecule has 3 rings (SSSR count). The van der Waals surface area contributed by atoms with Gasteiger partial charge in [0.2, 0.25) is 9.74 Å². The highest BCUT2D eigenvalue weighted by molar-refractivity contribution is 6.66. The molecule has 0 aliphatic carbocycles. The Morgan fingerprint density at radius 2 is 1.85 bits per heavy atom. The molecular formula is C21H28Cl3N7O2. The van der Waals surface area contributed by atoms with Gasteiger partial charge in [-0.05, 0) is 33.3 Å². The quantitative estimate of drug-likeness (QED) is 0.402. The van der Waals surface area contributed by atoms with Crippen molar-refractivity contribution in [3.05, 3.63) is 29.7 Å². The third-order valence-electron chi connectivity index (χ3n) is 5.20. The van der Waals surface area contributed by atoms with Crippen LogP contribution < -0.4 is 9.80 Å². The lowest BCUT2D eigenvalue weighted by molar-refractivity contribution is -0.143. The highest BCUT2D eigenvalue weighted by Gasteiger charge is 2.34. The van der Waals surface area contributed by atoms with Gasteiger partial charge >= 0.3 is 5.97 Å². The van der Waals surface area contributed by atoms with Crippen molar-refractivity contribution in [2.75, 3.05) is 29.5 Å². The first-order chi connectivity index (χ1) is 15.6. The van der Waals surface area contributed by atoms with E-state index in [0.717, 1.165) is 12.2 Å². The van der Waals surface area contributed by atoms with Crippen LogP contribution in [0.4, 0.5) is 11.8 Å². The van der Waals surface area contributed by atoms with Gasteiger partial charge in [-0.25, -0.2) is 15.0 Å². The monoisotopic (exact) mass is 515 g/mol. The van der Waals surface area contributed by atoms with Gasteiger partial charge in [0.25, 0.3) is 0 Å². The predicted molar refractivity (Wildman–Crippen MR) is 129 cm³/mol. The number of rotatable bonds is 7. The van der Waals surface area contributed by atoms with E-state index in [-0.39, 0.29) is 30.5 Å². The predicted octanol–water partition coefficient (Wildman–Crippen LogP) is 3.79. The van der Waals surface area contributed by atoms with E-state index in [4.69, 9.17) is 39.5 Å². The first-order valence-electron chi connectivity index (χ1n) is 10.9. The first kappa shape index (κ1) is 25.6. The van der Waals surface area contributed by atoms with Crippen LogP contribution in [0.15, 0.2) is 12.3 Å². The van der Waals surface area contributed by atoms with Gasteiger partial charge in [0, 0.05) is 44.2 Å². The number of halogens is 3. The summed E-state index contributed by atoms with van der Waals surface area (Å²) < 4.78 is 3.50. The van der Waals surface area contributed by atoms with E-state index in [0.29, 0.717) is 43.5 Å². The number of nitrogens with zero attached hydrogens (tertiary/aromatic N) is 7. The summed E-state index contributed by atoms with van der Waals surface area (Å²) in [7, 11) is 0. The maximum atomic E-state index is 11.6.